The minimum absolute atomic E-state index is 0.359. The number of benzene rings is 1. The van der Waals surface area contributed by atoms with Crippen molar-refractivity contribution in [3.8, 4) is 11.5 Å². The Hall–Kier alpha value is -2.62. The Morgan fingerprint density at radius 1 is 1.34 bits per heavy atom. The molecule has 2 aromatic rings. The van der Waals surface area contributed by atoms with E-state index in [1.54, 1.807) is 11.8 Å². The molecule has 1 unspecified atom stereocenters. The predicted molar refractivity (Wildman–Crippen MR) is 110 cm³/mol. The van der Waals surface area contributed by atoms with E-state index >= 15 is 0 Å². The van der Waals surface area contributed by atoms with Gasteiger partial charge in [0.1, 0.15) is 6.04 Å². The van der Waals surface area contributed by atoms with E-state index in [-0.39, 0.29) is 0 Å². The summed E-state index contributed by atoms with van der Waals surface area (Å²) in [5.74, 6) is 1.18. The van der Waals surface area contributed by atoms with E-state index in [4.69, 9.17) is 14.2 Å². The van der Waals surface area contributed by atoms with Crippen molar-refractivity contribution in [3.63, 3.8) is 0 Å². The molecule has 1 aliphatic heterocycles. The number of nitrogens with one attached hydrogen (secondary N) is 1. The van der Waals surface area contributed by atoms with Crippen molar-refractivity contribution in [3.05, 3.63) is 33.4 Å². The Morgan fingerprint density at radius 2 is 2.14 bits per heavy atom. The molecule has 1 aromatic heterocycles. The first-order valence-electron chi connectivity index (χ1n) is 9.44. The number of tetrazole rings is 1. The van der Waals surface area contributed by atoms with Crippen LogP contribution in [0.5, 0.6) is 11.5 Å². The average molecular weight is 466 g/mol. The van der Waals surface area contributed by atoms with Crippen LogP contribution in [0.1, 0.15) is 45.2 Å². The predicted octanol–water partition coefficient (Wildman–Crippen LogP) is 3.48. The second-order valence-corrected chi connectivity index (χ2v) is 7.32. The summed E-state index contributed by atoms with van der Waals surface area (Å²) >= 11 is 3.55. The monoisotopic (exact) mass is 465 g/mol. The molecule has 9 nitrogen and oxygen atoms in total. The number of fused-ring (bicyclic) bond motifs is 1. The molecule has 1 N–H and O–H groups in total. The Labute approximate surface area is 177 Å². The number of carbonyl (C=O) groups is 1. The first kappa shape index (κ1) is 21.1. The average Bonchev–Trinajstić information content (AvgIpc) is 3.16. The highest BCUT2D eigenvalue weighted by Crippen LogP contribution is 2.42. The lowest BCUT2D eigenvalue weighted by atomic mass is 9.95. The summed E-state index contributed by atoms with van der Waals surface area (Å²) in [6.07, 6.45) is 1.74. The molecule has 0 radical (unpaired) electrons. The maximum absolute atomic E-state index is 12.9. The number of hydrogen-bond donors (Lipinski definition) is 1. The van der Waals surface area contributed by atoms with Gasteiger partial charge in [0.2, 0.25) is 5.95 Å². The summed E-state index contributed by atoms with van der Waals surface area (Å²) in [4.78, 5) is 12.9. The minimum Gasteiger partial charge on any atom is -0.493 e. The van der Waals surface area contributed by atoms with Gasteiger partial charge < -0.3 is 19.5 Å². The van der Waals surface area contributed by atoms with Crippen LogP contribution in [-0.2, 0) is 9.53 Å². The number of halogens is 1. The molecule has 0 spiro atoms. The standard InChI is InChI=1S/C19H24BrN5O4/c1-5-7-8-29-18(26)15-11(3)21-19-22-23-24-25(19)16(15)12-9-13(20)17(28-6-2)14(10-12)27-4/h9-10,16H,5-8H2,1-4H3,(H,21,22,24). The Kier molecular flexibility index (Phi) is 6.73. The summed E-state index contributed by atoms with van der Waals surface area (Å²) in [7, 11) is 1.57. The van der Waals surface area contributed by atoms with E-state index in [2.05, 4.69) is 36.8 Å². The van der Waals surface area contributed by atoms with Gasteiger partial charge in [0.15, 0.2) is 11.5 Å². The van der Waals surface area contributed by atoms with Crippen molar-refractivity contribution in [2.24, 2.45) is 0 Å². The minimum atomic E-state index is -0.573. The fraction of sp³-hybridized carbons (Fsp3) is 0.474. The van der Waals surface area contributed by atoms with E-state index in [0.717, 1.165) is 18.4 Å². The third kappa shape index (κ3) is 4.21. The molecule has 10 heteroatoms. The zero-order valence-corrected chi connectivity index (χ0v) is 18.4. The maximum atomic E-state index is 12.9. The molecule has 29 heavy (non-hydrogen) atoms. The van der Waals surface area contributed by atoms with Crippen LogP contribution in [0.25, 0.3) is 0 Å². The molecule has 1 atom stereocenters. The number of unbranched alkanes of at least 4 members (excludes halogenated alkanes) is 1. The summed E-state index contributed by atoms with van der Waals surface area (Å²) in [5, 5.41) is 14.9. The topological polar surface area (TPSA) is 100 Å². The van der Waals surface area contributed by atoms with Crippen LogP contribution in [0, 0.1) is 0 Å². The van der Waals surface area contributed by atoms with Crippen molar-refractivity contribution >= 4 is 27.8 Å². The van der Waals surface area contributed by atoms with Gasteiger partial charge in [-0.1, -0.05) is 18.4 Å². The van der Waals surface area contributed by atoms with Crippen LogP contribution in [0.15, 0.2) is 27.9 Å². The highest BCUT2D eigenvalue weighted by atomic mass is 79.9. The summed E-state index contributed by atoms with van der Waals surface area (Å²) < 4.78 is 19.0. The van der Waals surface area contributed by atoms with Crippen molar-refractivity contribution in [1.82, 2.24) is 20.2 Å². The van der Waals surface area contributed by atoms with Gasteiger partial charge in [0.05, 0.1) is 30.4 Å². The number of hydrogen-bond acceptors (Lipinski definition) is 8. The lowest BCUT2D eigenvalue weighted by molar-refractivity contribution is -0.139. The Morgan fingerprint density at radius 3 is 2.83 bits per heavy atom. The molecule has 3 rings (SSSR count). The van der Waals surface area contributed by atoms with Crippen molar-refractivity contribution < 1.29 is 19.0 Å². The zero-order valence-electron chi connectivity index (χ0n) is 16.9. The second kappa shape index (κ2) is 9.25. The molecule has 0 bridgehead atoms. The SMILES string of the molecule is CCCCOC(=O)C1=C(C)Nc2nnnn2C1c1cc(Br)c(OCC)c(OC)c1. The van der Waals surface area contributed by atoms with E-state index in [1.165, 1.54) is 0 Å². The third-order valence-corrected chi connectivity index (χ3v) is 5.11. The highest BCUT2D eigenvalue weighted by Gasteiger charge is 2.35. The highest BCUT2D eigenvalue weighted by molar-refractivity contribution is 9.10. The van der Waals surface area contributed by atoms with Crippen molar-refractivity contribution in [2.75, 3.05) is 25.6 Å². The van der Waals surface area contributed by atoms with Crippen LogP contribution < -0.4 is 14.8 Å². The molecule has 1 aliphatic rings. The van der Waals surface area contributed by atoms with Gasteiger partial charge in [-0.25, -0.2) is 4.79 Å². The van der Waals surface area contributed by atoms with Crippen LogP contribution in [-0.4, -0.2) is 46.5 Å². The molecule has 2 heterocycles. The number of esters is 1. The van der Waals surface area contributed by atoms with Gasteiger partial charge in [-0.05, 0) is 64.3 Å². The molecule has 0 saturated heterocycles. The van der Waals surface area contributed by atoms with E-state index in [0.29, 0.717) is 46.4 Å². The molecular weight excluding hydrogens is 442 g/mol. The molecule has 0 fully saturated rings. The summed E-state index contributed by atoms with van der Waals surface area (Å²) in [6.45, 7) is 6.60. The fourth-order valence-corrected chi connectivity index (χ4v) is 3.73. The smallest absolute Gasteiger partial charge is 0.338 e. The molecular formula is C19H24BrN5O4. The molecule has 0 saturated carbocycles. The zero-order chi connectivity index (χ0) is 21.0. The van der Waals surface area contributed by atoms with Crippen LogP contribution in [0.3, 0.4) is 0 Å². The number of anilines is 1. The van der Waals surface area contributed by atoms with E-state index < -0.39 is 12.0 Å². The number of carbonyl (C=O) groups excluding carboxylic acids is 1. The number of ether oxygens (including phenoxy) is 3. The van der Waals surface area contributed by atoms with E-state index in [9.17, 15) is 4.79 Å². The Balaban J connectivity index is 2.09. The largest absolute Gasteiger partial charge is 0.493 e. The number of methoxy groups -OCH3 is 1. The summed E-state index contributed by atoms with van der Waals surface area (Å²) in [5.41, 5.74) is 1.84. The third-order valence-electron chi connectivity index (χ3n) is 4.52. The first-order chi connectivity index (χ1) is 14.0. The van der Waals surface area contributed by atoms with Crippen molar-refractivity contribution in [2.45, 2.75) is 39.7 Å². The fourth-order valence-electron chi connectivity index (χ4n) is 3.15. The molecule has 0 amide bonds. The van der Waals surface area contributed by atoms with Gasteiger partial charge in [-0.15, -0.1) is 0 Å². The quantitative estimate of drug-likeness (QED) is 0.466. The lowest BCUT2D eigenvalue weighted by Gasteiger charge is -2.28. The normalized spacial score (nSPS) is 15.6. The lowest BCUT2D eigenvalue weighted by Crippen LogP contribution is -2.30. The Bertz CT molecular complexity index is 927. The van der Waals surface area contributed by atoms with Crippen molar-refractivity contribution in [1.29, 1.82) is 0 Å². The second-order valence-electron chi connectivity index (χ2n) is 6.47. The molecule has 156 valence electrons. The number of rotatable bonds is 8. The van der Waals surface area contributed by atoms with Crippen LogP contribution >= 0.6 is 15.9 Å². The van der Waals surface area contributed by atoms with Gasteiger partial charge in [0, 0.05) is 5.70 Å². The summed E-state index contributed by atoms with van der Waals surface area (Å²) in [6, 6.07) is 3.13. The van der Waals surface area contributed by atoms with Gasteiger partial charge in [-0.3, -0.25) is 0 Å². The van der Waals surface area contributed by atoms with E-state index in [1.807, 2.05) is 32.9 Å². The van der Waals surface area contributed by atoms with Gasteiger partial charge in [-0.2, -0.15) is 4.68 Å². The molecule has 0 aliphatic carbocycles. The van der Waals surface area contributed by atoms with Crippen LogP contribution in [0.2, 0.25) is 0 Å². The van der Waals surface area contributed by atoms with Crippen LogP contribution in [0.4, 0.5) is 5.95 Å². The molecule has 1 aromatic carbocycles. The van der Waals surface area contributed by atoms with Gasteiger partial charge in [0.25, 0.3) is 0 Å². The number of aromatic nitrogens is 4. The number of allylic oxidation sites excluding steroid dienone is 1. The maximum Gasteiger partial charge on any atom is 0.338 e. The first-order valence-corrected chi connectivity index (χ1v) is 10.2. The number of nitrogens with zero attached hydrogens (tertiary/aromatic N) is 4. The van der Waals surface area contributed by atoms with Gasteiger partial charge >= 0.3 is 5.97 Å².